The molecule has 0 atom stereocenters. The molecule has 0 aliphatic carbocycles. The van der Waals surface area contributed by atoms with Crippen molar-refractivity contribution < 1.29 is 32.7 Å². The first kappa shape index (κ1) is 74.4. The summed E-state index contributed by atoms with van der Waals surface area (Å²) < 4.78 is 33.5. The third-order valence-electron chi connectivity index (χ3n) is 19.0. The number of likely N-dealkylation sites (tertiary alicyclic amines) is 2. The molecule has 113 heavy (non-hydrogen) atoms. The maximum atomic E-state index is 13.9. The number of hydrogen-bond acceptors (Lipinski definition) is 15. The number of aryl methyl sites for hydroxylation is 1. The Bertz CT molecular complexity index is 5880. The van der Waals surface area contributed by atoms with Crippen LogP contribution in [0.15, 0.2) is 207 Å². The van der Waals surface area contributed by atoms with E-state index in [1.54, 1.807) is 42.9 Å². The van der Waals surface area contributed by atoms with E-state index >= 15 is 0 Å². The molecule has 2 aliphatic heterocycles. The summed E-state index contributed by atoms with van der Waals surface area (Å²) in [6.07, 6.45) is 13.3. The van der Waals surface area contributed by atoms with Gasteiger partial charge in [0.25, 0.3) is 23.6 Å². The predicted octanol–water partition coefficient (Wildman–Crippen LogP) is 16.0. The minimum absolute atomic E-state index is 0.0852. The maximum absolute atomic E-state index is 13.9. The van der Waals surface area contributed by atoms with Crippen LogP contribution >= 0.6 is 0 Å². The fraction of sp³-hybridized carbons (Fsp3) is 0.190. The van der Waals surface area contributed by atoms with E-state index in [2.05, 4.69) is 137 Å². The van der Waals surface area contributed by atoms with Crippen molar-refractivity contribution >= 4 is 90.5 Å². The van der Waals surface area contributed by atoms with E-state index in [9.17, 15) is 28.0 Å². The molecule has 0 unspecified atom stereocenters. The molecule has 2 fully saturated rings. The number of carbonyl (C=O) groups is 4. The number of ether oxygens (including phenoxy) is 1. The van der Waals surface area contributed by atoms with Crippen molar-refractivity contribution in [2.24, 2.45) is 0 Å². The number of amides is 4. The number of anilines is 4. The molecule has 8 aromatic carbocycles. The Labute approximate surface area is 645 Å². The number of carbonyl (C=O) groups excluding carboxylic acids is 4. The van der Waals surface area contributed by atoms with E-state index in [1.807, 2.05) is 135 Å². The number of aromatic nitrogens is 16. The zero-order chi connectivity index (χ0) is 77.7. The molecule has 2 aliphatic rings. The second-order valence-corrected chi connectivity index (χ2v) is 27.6. The Kier molecular flexibility index (Phi) is 22.5. The van der Waals surface area contributed by atoms with Gasteiger partial charge in [0.1, 0.15) is 45.7 Å². The summed E-state index contributed by atoms with van der Waals surface area (Å²) in [5.74, 6) is -0.244. The number of nitrogens with one attached hydrogen (secondary N) is 12. The highest BCUT2D eigenvalue weighted by Crippen LogP contribution is 2.32. The van der Waals surface area contributed by atoms with Crippen LogP contribution in [0, 0.1) is 11.6 Å². The third kappa shape index (κ3) is 17.8. The summed E-state index contributed by atoms with van der Waals surface area (Å²) in [6, 6.07) is 55.2. The lowest BCUT2D eigenvalue weighted by atomic mass is 10.1. The summed E-state index contributed by atoms with van der Waals surface area (Å²) in [4.78, 5) is 86.5. The van der Waals surface area contributed by atoms with Gasteiger partial charge in [-0.15, -0.1) is 0 Å². The number of rotatable bonds is 20. The van der Waals surface area contributed by atoms with Crippen LogP contribution in [-0.4, -0.2) is 146 Å². The SMILES string of the molecule is CC(C)Oc1ccc(C(=O)Nc2cn[nH]c2-c2nc3ccccc3[nH]2)cc1.CCCc1ccc(C(=O)Nc2cn[nH]c2-c2nc3ccccc3[nH]2)cc1.O=C(Nc1cn[nH]c1-c1nc2ccc(CN3CCCC3)cc2[nH]1)c1c(F)cccc1F.O=C(Nc1cn[nH]c1-c1nc2ccccc2[nH]1)c1cccc(CN2CCCC2)c1. The van der Waals surface area contributed by atoms with Crippen LogP contribution < -0.4 is 26.0 Å². The Morgan fingerprint density at radius 2 is 0.779 bits per heavy atom. The Balaban J connectivity index is 0.000000119. The second-order valence-electron chi connectivity index (χ2n) is 27.6. The van der Waals surface area contributed by atoms with Crippen molar-refractivity contribution in [1.29, 1.82) is 0 Å². The van der Waals surface area contributed by atoms with Crippen molar-refractivity contribution in [1.82, 2.24) is 90.5 Å². The molecule has 4 amide bonds. The van der Waals surface area contributed by atoms with Gasteiger partial charge in [-0.05, 0) is 198 Å². The van der Waals surface area contributed by atoms with Crippen LogP contribution in [0.4, 0.5) is 31.5 Å². The smallest absolute Gasteiger partial charge is 0.261 e. The molecule has 2 saturated heterocycles. The minimum atomic E-state index is -0.934. The quantitative estimate of drug-likeness (QED) is 0.0337. The Morgan fingerprint density at radius 3 is 1.20 bits per heavy atom. The van der Waals surface area contributed by atoms with Crippen LogP contribution in [0.1, 0.15) is 111 Å². The molecule has 0 spiro atoms. The topological polar surface area (TPSA) is 362 Å². The highest BCUT2D eigenvalue weighted by atomic mass is 19.1. The van der Waals surface area contributed by atoms with Gasteiger partial charge in [-0.2, -0.15) is 20.4 Å². The van der Waals surface area contributed by atoms with E-state index in [0.29, 0.717) is 79.8 Å². The number of benzene rings is 8. The van der Waals surface area contributed by atoms with Crippen LogP contribution in [0.25, 0.3) is 90.2 Å². The highest BCUT2D eigenvalue weighted by molar-refractivity contribution is 6.08. The van der Waals surface area contributed by atoms with Crippen LogP contribution in [0.2, 0.25) is 0 Å². The molecule has 18 rings (SSSR count). The molecule has 0 bridgehead atoms. The number of halogens is 2. The molecule has 8 aromatic heterocycles. The molecule has 10 heterocycles. The predicted molar refractivity (Wildman–Crippen MR) is 431 cm³/mol. The summed E-state index contributed by atoms with van der Waals surface area (Å²) in [6.45, 7) is 12.3. The van der Waals surface area contributed by atoms with Crippen molar-refractivity contribution in [2.75, 3.05) is 47.4 Å². The molecule has 16 aromatic rings. The van der Waals surface area contributed by atoms with E-state index < -0.39 is 23.1 Å². The highest BCUT2D eigenvalue weighted by Gasteiger charge is 2.24. The summed E-state index contributed by atoms with van der Waals surface area (Å²) in [7, 11) is 0. The number of nitrogens with zero attached hydrogens (tertiary/aromatic N) is 10. The van der Waals surface area contributed by atoms with Crippen molar-refractivity contribution in [3.63, 3.8) is 0 Å². The summed E-state index contributed by atoms with van der Waals surface area (Å²) >= 11 is 0. The fourth-order valence-corrected chi connectivity index (χ4v) is 13.5. The second kappa shape index (κ2) is 34.2. The lowest BCUT2D eigenvalue weighted by Gasteiger charge is -2.15. The van der Waals surface area contributed by atoms with Gasteiger partial charge in [-0.3, -0.25) is 49.4 Å². The van der Waals surface area contributed by atoms with E-state index in [4.69, 9.17) is 4.74 Å². The maximum Gasteiger partial charge on any atom is 0.261 e. The van der Waals surface area contributed by atoms with E-state index in [-0.39, 0.29) is 29.5 Å². The first-order valence-corrected chi connectivity index (χ1v) is 37.3. The molecular formula is C84H80F2N22O5. The zero-order valence-electron chi connectivity index (χ0n) is 62.0. The van der Waals surface area contributed by atoms with Gasteiger partial charge in [0.2, 0.25) is 0 Å². The molecular weight excluding hydrogens is 1440 g/mol. The first-order valence-electron chi connectivity index (χ1n) is 37.3. The number of imidazole rings is 4. The average Bonchev–Trinajstić information content (AvgIpc) is 1.67. The molecule has 27 nitrogen and oxygen atoms in total. The number of hydrogen-bond donors (Lipinski definition) is 12. The number of H-pyrrole nitrogens is 8. The lowest BCUT2D eigenvalue weighted by Crippen LogP contribution is -2.19. The lowest BCUT2D eigenvalue weighted by molar-refractivity contribution is 0.101. The van der Waals surface area contributed by atoms with E-state index in [0.717, 1.165) is 120 Å². The van der Waals surface area contributed by atoms with Crippen molar-refractivity contribution in [3.05, 3.63) is 257 Å². The number of aromatic amines is 8. The Hall–Kier alpha value is -14.1. The Morgan fingerprint density at radius 1 is 0.407 bits per heavy atom. The summed E-state index contributed by atoms with van der Waals surface area (Å²) in [5, 5.41) is 38.9. The zero-order valence-corrected chi connectivity index (χ0v) is 62.0. The largest absolute Gasteiger partial charge is 0.491 e. The van der Waals surface area contributed by atoms with Gasteiger partial charge < -0.3 is 45.9 Å². The third-order valence-corrected chi connectivity index (χ3v) is 19.0. The minimum Gasteiger partial charge on any atom is -0.491 e. The standard InChI is InChI=1S/C22H20F2N6O.C22H22N6O.C20H19N5O2.C20H19N5O/c23-14-4-3-5-15(24)19(14)22(31)28-18-11-25-29-20(18)21-26-16-7-6-13(10-17(16)27-21)12-30-8-1-2-9-30;29-22(16-7-5-6-15(12-16)14-28-10-3-4-11-28)26-19-13-23-27-20(19)21-24-17-8-1-2-9-18(17)25-21;1-12(2)27-14-9-7-13(8-10-14)20(26)24-17-11-21-25-18(17)19-22-15-5-3-4-6-16(15)23-19;1-2-5-13-8-10-14(11-9-13)20(26)24-17-12-21-25-18(17)19-22-15-6-3-4-7-16(15)23-19/h3-7,10-11H,1-2,8-9,12H2,(H,25,29)(H,26,27)(H,28,31);1-2,5-9,12-13H,3-4,10-11,14H2,(H,23,27)(H,24,25)(H,26,29);3-12H,1-2H3,(H,21,25)(H,22,23)(H,24,26);3-4,6-12H,2,5H2,1H3,(H,21,25)(H,22,23)(H,24,26). The molecule has 0 radical (unpaired) electrons. The normalized spacial score (nSPS) is 12.8. The van der Waals surface area contributed by atoms with Crippen LogP contribution in [0.3, 0.4) is 0 Å². The van der Waals surface area contributed by atoms with Gasteiger partial charge in [0, 0.05) is 29.8 Å². The number of fused-ring (bicyclic) bond motifs is 4. The summed E-state index contributed by atoms with van der Waals surface area (Å²) in [5.41, 5.74) is 16.1. The monoisotopic (exact) mass is 1510 g/mol. The van der Waals surface area contributed by atoms with Crippen molar-refractivity contribution in [2.45, 2.75) is 78.5 Å². The molecule has 570 valence electrons. The molecule has 12 N–H and O–H groups in total. The first-order chi connectivity index (χ1) is 55.2. The van der Waals surface area contributed by atoms with Gasteiger partial charge >= 0.3 is 0 Å². The van der Waals surface area contributed by atoms with Gasteiger partial charge in [0.15, 0.2) is 23.3 Å². The fourth-order valence-electron chi connectivity index (χ4n) is 13.5. The average molecular weight is 1520 g/mol. The van der Waals surface area contributed by atoms with Crippen LogP contribution in [0.5, 0.6) is 5.75 Å². The molecule has 0 saturated carbocycles. The van der Waals surface area contributed by atoms with Crippen molar-refractivity contribution in [3.8, 4) is 51.8 Å². The van der Waals surface area contributed by atoms with Gasteiger partial charge in [0.05, 0.1) is 97.8 Å². The van der Waals surface area contributed by atoms with Gasteiger partial charge in [-0.1, -0.05) is 86.1 Å². The molecule has 29 heteroatoms. The number of para-hydroxylation sites is 6. The van der Waals surface area contributed by atoms with Crippen LogP contribution in [-0.2, 0) is 19.5 Å². The van der Waals surface area contributed by atoms with E-state index in [1.165, 1.54) is 49.1 Å². The van der Waals surface area contributed by atoms with Gasteiger partial charge in [-0.25, -0.2) is 28.7 Å².